The molecule has 1 aromatic carbocycles. The number of fused-ring (bicyclic) bond motifs is 1. The van der Waals surface area contributed by atoms with Crippen molar-refractivity contribution in [3.63, 3.8) is 0 Å². The molecule has 0 radical (unpaired) electrons. The first-order chi connectivity index (χ1) is 6.09. The van der Waals surface area contributed by atoms with Crippen molar-refractivity contribution in [3.05, 3.63) is 21.1 Å². The molecule has 0 unspecified atom stereocenters. The molecule has 2 N–H and O–H groups in total. The van der Waals surface area contributed by atoms with Crippen LogP contribution in [0.3, 0.4) is 0 Å². The molecule has 2 rings (SSSR count). The number of thiazole rings is 1. The number of nitrogen functional groups attached to an aromatic ring is 1. The minimum Gasteiger partial charge on any atom is -0.396 e. The van der Waals surface area contributed by atoms with Crippen LogP contribution in [0.5, 0.6) is 0 Å². The first-order valence-electron chi connectivity index (χ1n) is 3.60. The first-order valence-corrected chi connectivity index (χ1v) is 5.17. The van der Waals surface area contributed by atoms with Gasteiger partial charge in [-0.3, -0.25) is 0 Å². The zero-order chi connectivity index (χ0) is 9.59. The summed E-state index contributed by atoms with van der Waals surface area (Å²) in [7, 11) is 0. The van der Waals surface area contributed by atoms with E-state index in [1.54, 1.807) is 17.4 Å². The molecule has 0 aliphatic rings. The Bertz CT molecular complexity index is 478. The van der Waals surface area contributed by atoms with Crippen molar-refractivity contribution in [1.29, 1.82) is 0 Å². The number of nitrogens with two attached hydrogens (primary N) is 1. The maximum absolute atomic E-state index is 5.98. The molecule has 0 aliphatic heterocycles. The van der Waals surface area contributed by atoms with Crippen LogP contribution in [-0.4, -0.2) is 4.98 Å². The SMILES string of the molecule is Cc1nc2c(Cl)c(N)c(Cl)cc2s1. The summed E-state index contributed by atoms with van der Waals surface area (Å²) >= 11 is 13.4. The summed E-state index contributed by atoms with van der Waals surface area (Å²) in [5.41, 5.74) is 6.80. The lowest BCUT2D eigenvalue weighted by Crippen LogP contribution is -1.88. The Balaban J connectivity index is 2.92. The van der Waals surface area contributed by atoms with E-state index in [1.165, 1.54) is 0 Å². The van der Waals surface area contributed by atoms with E-state index in [-0.39, 0.29) is 0 Å². The number of benzene rings is 1. The van der Waals surface area contributed by atoms with Crippen molar-refractivity contribution < 1.29 is 0 Å². The minimum atomic E-state index is 0.404. The number of nitrogens with zero attached hydrogens (tertiary/aromatic N) is 1. The number of hydrogen-bond acceptors (Lipinski definition) is 3. The van der Waals surface area contributed by atoms with Gasteiger partial charge >= 0.3 is 0 Å². The predicted octanol–water partition coefficient (Wildman–Crippen LogP) is 3.49. The molecule has 13 heavy (non-hydrogen) atoms. The quantitative estimate of drug-likeness (QED) is 0.707. The van der Waals surface area contributed by atoms with Gasteiger partial charge in [-0.05, 0) is 13.0 Å². The standard InChI is InChI=1S/C8H6Cl2N2S/c1-3-12-8-5(13-3)2-4(9)7(11)6(8)10/h2H,11H2,1H3. The Kier molecular flexibility index (Phi) is 2.10. The second-order valence-electron chi connectivity index (χ2n) is 2.67. The van der Waals surface area contributed by atoms with Gasteiger partial charge in [0.15, 0.2) is 0 Å². The van der Waals surface area contributed by atoms with Gasteiger partial charge in [-0.25, -0.2) is 4.98 Å². The highest BCUT2D eigenvalue weighted by Crippen LogP contribution is 2.37. The number of hydrogen-bond donors (Lipinski definition) is 1. The number of rotatable bonds is 0. The fraction of sp³-hybridized carbons (Fsp3) is 0.125. The smallest absolute Gasteiger partial charge is 0.102 e. The normalized spacial score (nSPS) is 11.0. The lowest BCUT2D eigenvalue weighted by atomic mass is 10.3. The number of anilines is 1. The molecule has 0 fully saturated rings. The molecule has 0 bridgehead atoms. The summed E-state index contributed by atoms with van der Waals surface area (Å²) in [6.07, 6.45) is 0. The zero-order valence-electron chi connectivity index (χ0n) is 6.77. The van der Waals surface area contributed by atoms with Gasteiger partial charge in [-0.2, -0.15) is 0 Å². The van der Waals surface area contributed by atoms with Gasteiger partial charge < -0.3 is 5.73 Å². The summed E-state index contributed by atoms with van der Waals surface area (Å²) in [5.74, 6) is 0. The van der Waals surface area contributed by atoms with E-state index in [4.69, 9.17) is 28.9 Å². The van der Waals surface area contributed by atoms with E-state index >= 15 is 0 Å². The molecule has 0 saturated heterocycles. The van der Waals surface area contributed by atoms with E-state index in [0.717, 1.165) is 15.2 Å². The van der Waals surface area contributed by atoms with E-state index in [1.807, 2.05) is 6.92 Å². The lowest BCUT2D eigenvalue weighted by Gasteiger charge is -2.00. The van der Waals surface area contributed by atoms with Gasteiger partial charge in [-0.1, -0.05) is 23.2 Å². The second kappa shape index (κ2) is 3.01. The van der Waals surface area contributed by atoms with Crippen molar-refractivity contribution >= 4 is 50.4 Å². The van der Waals surface area contributed by atoms with Crippen molar-refractivity contribution in [2.75, 3.05) is 5.73 Å². The molecule has 1 heterocycles. The predicted molar refractivity (Wildman–Crippen MR) is 58.8 cm³/mol. The molecule has 1 aromatic heterocycles. The molecule has 2 nitrogen and oxygen atoms in total. The van der Waals surface area contributed by atoms with Gasteiger partial charge in [0.05, 0.1) is 25.4 Å². The maximum atomic E-state index is 5.98. The number of aromatic nitrogens is 1. The first kappa shape index (κ1) is 9.06. The van der Waals surface area contributed by atoms with Crippen LogP contribution in [0.1, 0.15) is 5.01 Å². The Labute approximate surface area is 89.3 Å². The number of halogens is 2. The third-order valence-electron chi connectivity index (χ3n) is 1.72. The van der Waals surface area contributed by atoms with Crippen LogP contribution in [0.2, 0.25) is 10.0 Å². The van der Waals surface area contributed by atoms with Crippen LogP contribution in [0, 0.1) is 6.92 Å². The largest absolute Gasteiger partial charge is 0.396 e. The maximum Gasteiger partial charge on any atom is 0.102 e. The van der Waals surface area contributed by atoms with Crippen molar-refractivity contribution in [2.45, 2.75) is 6.92 Å². The van der Waals surface area contributed by atoms with Crippen LogP contribution in [-0.2, 0) is 0 Å². The topological polar surface area (TPSA) is 38.9 Å². The molecule has 0 aliphatic carbocycles. The third kappa shape index (κ3) is 1.37. The average Bonchev–Trinajstić information content (AvgIpc) is 2.42. The zero-order valence-corrected chi connectivity index (χ0v) is 9.09. The average molecular weight is 233 g/mol. The molecular formula is C8H6Cl2N2S. The van der Waals surface area contributed by atoms with E-state index in [2.05, 4.69) is 4.98 Å². The Morgan fingerprint density at radius 1 is 1.46 bits per heavy atom. The van der Waals surface area contributed by atoms with Crippen molar-refractivity contribution in [2.24, 2.45) is 0 Å². The Morgan fingerprint density at radius 3 is 2.85 bits per heavy atom. The van der Waals surface area contributed by atoms with Crippen LogP contribution >= 0.6 is 34.5 Å². The summed E-state index contributed by atoms with van der Waals surface area (Å²) in [5, 5.41) is 1.89. The Morgan fingerprint density at radius 2 is 2.15 bits per heavy atom. The molecule has 0 atom stereocenters. The third-order valence-corrected chi connectivity index (χ3v) is 3.33. The van der Waals surface area contributed by atoms with Gasteiger partial charge in [0, 0.05) is 0 Å². The highest BCUT2D eigenvalue weighted by molar-refractivity contribution is 7.18. The van der Waals surface area contributed by atoms with E-state index in [0.29, 0.717) is 15.7 Å². The monoisotopic (exact) mass is 232 g/mol. The fourth-order valence-electron chi connectivity index (χ4n) is 1.12. The summed E-state index contributed by atoms with van der Waals surface area (Å²) < 4.78 is 0.974. The molecule has 68 valence electrons. The molecule has 2 aromatic rings. The fourth-order valence-corrected chi connectivity index (χ4v) is 2.62. The molecular weight excluding hydrogens is 227 g/mol. The highest BCUT2D eigenvalue weighted by atomic mass is 35.5. The van der Waals surface area contributed by atoms with Crippen LogP contribution in [0.4, 0.5) is 5.69 Å². The summed E-state index contributed by atoms with van der Waals surface area (Å²) in [6, 6.07) is 1.79. The Hall–Kier alpha value is -0.510. The van der Waals surface area contributed by atoms with Crippen molar-refractivity contribution in [1.82, 2.24) is 4.98 Å². The van der Waals surface area contributed by atoms with Crippen molar-refractivity contribution in [3.8, 4) is 0 Å². The molecule has 0 spiro atoms. The summed E-state index contributed by atoms with van der Waals surface area (Å²) in [4.78, 5) is 4.26. The van der Waals surface area contributed by atoms with Crippen LogP contribution in [0.25, 0.3) is 10.2 Å². The van der Waals surface area contributed by atoms with E-state index < -0.39 is 0 Å². The highest BCUT2D eigenvalue weighted by Gasteiger charge is 2.11. The summed E-state index contributed by atoms with van der Waals surface area (Å²) in [6.45, 7) is 1.92. The van der Waals surface area contributed by atoms with Crippen LogP contribution in [0.15, 0.2) is 6.07 Å². The molecule has 0 amide bonds. The van der Waals surface area contributed by atoms with Gasteiger partial charge in [-0.15, -0.1) is 11.3 Å². The minimum absolute atomic E-state index is 0.404. The molecule has 5 heteroatoms. The number of aryl methyl sites for hydroxylation is 1. The second-order valence-corrected chi connectivity index (χ2v) is 4.69. The molecule has 0 saturated carbocycles. The van der Waals surface area contributed by atoms with Gasteiger partial charge in [0.25, 0.3) is 0 Å². The van der Waals surface area contributed by atoms with Gasteiger partial charge in [0.2, 0.25) is 0 Å². The van der Waals surface area contributed by atoms with E-state index in [9.17, 15) is 0 Å². The van der Waals surface area contributed by atoms with Crippen LogP contribution < -0.4 is 5.73 Å². The lowest BCUT2D eigenvalue weighted by molar-refractivity contribution is 1.35. The van der Waals surface area contributed by atoms with Gasteiger partial charge in [0.1, 0.15) is 5.52 Å².